The first-order valence-electron chi connectivity index (χ1n) is 9.15. The first-order valence-corrected chi connectivity index (χ1v) is 10.0. The second kappa shape index (κ2) is 9.11. The number of hydrogen-bond acceptors (Lipinski definition) is 7. The van der Waals surface area contributed by atoms with Gasteiger partial charge in [0.05, 0.1) is 36.8 Å². The molecule has 1 aliphatic rings. The van der Waals surface area contributed by atoms with E-state index in [-0.39, 0.29) is 24.5 Å². The number of carbonyl (C=O) groups is 2. The van der Waals surface area contributed by atoms with E-state index in [2.05, 4.69) is 0 Å². The fourth-order valence-electron chi connectivity index (χ4n) is 3.32. The number of thiophene rings is 1. The first kappa shape index (κ1) is 20.9. The second-order valence-electron chi connectivity index (χ2n) is 6.31. The quantitative estimate of drug-likeness (QED) is 0.630. The third-order valence-electron chi connectivity index (χ3n) is 4.63. The van der Waals surface area contributed by atoms with Gasteiger partial charge in [0.1, 0.15) is 0 Å². The summed E-state index contributed by atoms with van der Waals surface area (Å²) < 4.78 is 16.1. The minimum Gasteiger partial charge on any atom is -0.503 e. The summed E-state index contributed by atoms with van der Waals surface area (Å²) in [6.07, 6.45) is 0. The van der Waals surface area contributed by atoms with E-state index in [1.54, 1.807) is 42.8 Å². The summed E-state index contributed by atoms with van der Waals surface area (Å²) in [7, 11) is 3.07. The van der Waals surface area contributed by atoms with Gasteiger partial charge in [0.15, 0.2) is 17.3 Å². The highest BCUT2D eigenvalue weighted by molar-refractivity contribution is 7.12. The van der Waals surface area contributed by atoms with Gasteiger partial charge < -0.3 is 24.2 Å². The molecule has 1 atom stereocenters. The highest BCUT2D eigenvalue weighted by Gasteiger charge is 2.44. The largest absolute Gasteiger partial charge is 0.503 e. The normalized spacial score (nSPS) is 16.4. The van der Waals surface area contributed by atoms with Gasteiger partial charge in [-0.25, -0.2) is 0 Å². The lowest BCUT2D eigenvalue weighted by Crippen LogP contribution is -2.34. The summed E-state index contributed by atoms with van der Waals surface area (Å²) in [6.45, 7) is 2.78. The molecule has 1 aromatic heterocycles. The fraction of sp³-hybridized carbons (Fsp3) is 0.333. The predicted octanol–water partition coefficient (Wildman–Crippen LogP) is 3.38. The monoisotopic (exact) mass is 417 g/mol. The van der Waals surface area contributed by atoms with Crippen LogP contribution in [0.15, 0.2) is 47.0 Å². The van der Waals surface area contributed by atoms with Crippen LogP contribution in [0.3, 0.4) is 0 Å². The Balaban J connectivity index is 2.10. The zero-order valence-electron chi connectivity index (χ0n) is 16.5. The lowest BCUT2D eigenvalue weighted by molar-refractivity contribution is -0.130. The SMILES string of the molecule is CCOc1cc(C2C(C(=O)c3cccs3)=C(O)C(=O)N2CCOC)ccc1OC. The van der Waals surface area contributed by atoms with Crippen molar-refractivity contribution in [3.63, 3.8) is 0 Å². The van der Waals surface area contributed by atoms with E-state index in [0.29, 0.717) is 28.5 Å². The molecule has 0 bridgehead atoms. The highest BCUT2D eigenvalue weighted by Crippen LogP contribution is 2.41. The van der Waals surface area contributed by atoms with Gasteiger partial charge in [-0.3, -0.25) is 9.59 Å². The van der Waals surface area contributed by atoms with Gasteiger partial charge in [-0.05, 0) is 36.1 Å². The molecule has 0 spiro atoms. The Kier molecular flexibility index (Phi) is 6.56. The number of amides is 1. The molecule has 7 nitrogen and oxygen atoms in total. The lowest BCUT2D eigenvalue weighted by atomic mass is 9.95. The zero-order chi connectivity index (χ0) is 21.0. The number of benzene rings is 1. The molecule has 1 N–H and O–H groups in total. The van der Waals surface area contributed by atoms with Crippen molar-refractivity contribution in [3.05, 3.63) is 57.5 Å². The highest BCUT2D eigenvalue weighted by atomic mass is 32.1. The Hall–Kier alpha value is -2.84. The number of nitrogens with zero attached hydrogens (tertiary/aromatic N) is 1. The Morgan fingerprint density at radius 3 is 2.66 bits per heavy atom. The molecule has 3 rings (SSSR count). The first-order chi connectivity index (χ1) is 14.0. The van der Waals surface area contributed by atoms with Gasteiger partial charge in [-0.1, -0.05) is 12.1 Å². The number of Topliss-reactive ketones (excluding diaryl/α,β-unsaturated/α-hetero) is 1. The van der Waals surface area contributed by atoms with Crippen LogP contribution in [0.2, 0.25) is 0 Å². The molecule has 0 aliphatic carbocycles. The van der Waals surface area contributed by atoms with Crippen LogP contribution < -0.4 is 9.47 Å². The van der Waals surface area contributed by atoms with Crippen LogP contribution in [-0.4, -0.2) is 55.7 Å². The van der Waals surface area contributed by atoms with Crippen LogP contribution in [0, 0.1) is 0 Å². The van der Waals surface area contributed by atoms with Crippen molar-refractivity contribution in [3.8, 4) is 11.5 Å². The standard InChI is InChI=1S/C21H23NO6S/c1-4-28-15-12-13(7-8-14(15)27-3)18-17(19(23)16-6-5-11-29-16)20(24)21(25)22(18)9-10-26-2/h5-8,11-12,18,24H,4,9-10H2,1-3H3. The number of carbonyl (C=O) groups excluding carboxylic acids is 2. The van der Waals surface area contributed by atoms with Gasteiger partial charge >= 0.3 is 0 Å². The van der Waals surface area contributed by atoms with Crippen LogP contribution in [0.5, 0.6) is 11.5 Å². The van der Waals surface area contributed by atoms with Gasteiger partial charge in [0.25, 0.3) is 5.91 Å². The zero-order valence-corrected chi connectivity index (χ0v) is 17.3. The summed E-state index contributed by atoms with van der Waals surface area (Å²) in [5.41, 5.74) is 0.698. The maximum absolute atomic E-state index is 13.1. The molecule has 0 radical (unpaired) electrons. The molecule has 29 heavy (non-hydrogen) atoms. The van der Waals surface area contributed by atoms with Gasteiger partial charge in [-0.15, -0.1) is 11.3 Å². The molecule has 1 aromatic carbocycles. The van der Waals surface area contributed by atoms with E-state index in [4.69, 9.17) is 14.2 Å². The average molecular weight is 417 g/mol. The Morgan fingerprint density at radius 1 is 1.24 bits per heavy atom. The van der Waals surface area contributed by atoms with Crippen molar-refractivity contribution < 1.29 is 28.9 Å². The predicted molar refractivity (Wildman–Crippen MR) is 109 cm³/mol. The van der Waals surface area contributed by atoms with Gasteiger partial charge in [0.2, 0.25) is 5.78 Å². The molecule has 154 valence electrons. The topological polar surface area (TPSA) is 85.3 Å². The van der Waals surface area contributed by atoms with Crippen molar-refractivity contribution in [2.45, 2.75) is 13.0 Å². The number of aliphatic hydroxyl groups is 1. The van der Waals surface area contributed by atoms with E-state index >= 15 is 0 Å². The number of hydrogen-bond donors (Lipinski definition) is 1. The molecule has 1 amide bonds. The summed E-state index contributed by atoms with van der Waals surface area (Å²) in [5.74, 6) is -0.452. The fourth-order valence-corrected chi connectivity index (χ4v) is 4.00. The van der Waals surface area contributed by atoms with E-state index in [0.717, 1.165) is 0 Å². The minimum atomic E-state index is -0.752. The van der Waals surface area contributed by atoms with Gasteiger partial charge in [0, 0.05) is 13.7 Å². The van der Waals surface area contributed by atoms with E-state index in [9.17, 15) is 14.7 Å². The number of aliphatic hydroxyl groups excluding tert-OH is 1. The van der Waals surface area contributed by atoms with Crippen molar-refractivity contribution in [2.75, 3.05) is 34.0 Å². The Bertz CT molecular complexity index is 921. The van der Waals surface area contributed by atoms with Crippen molar-refractivity contribution >= 4 is 23.0 Å². The summed E-state index contributed by atoms with van der Waals surface area (Å²) >= 11 is 1.26. The smallest absolute Gasteiger partial charge is 0.290 e. The second-order valence-corrected chi connectivity index (χ2v) is 7.25. The number of methoxy groups -OCH3 is 2. The molecule has 2 heterocycles. The lowest BCUT2D eigenvalue weighted by Gasteiger charge is -2.27. The van der Waals surface area contributed by atoms with Crippen molar-refractivity contribution in [2.24, 2.45) is 0 Å². The van der Waals surface area contributed by atoms with E-state index < -0.39 is 17.7 Å². The van der Waals surface area contributed by atoms with Crippen LogP contribution in [-0.2, 0) is 9.53 Å². The average Bonchev–Trinajstić information content (AvgIpc) is 3.34. The summed E-state index contributed by atoms with van der Waals surface area (Å²) in [4.78, 5) is 27.8. The van der Waals surface area contributed by atoms with E-state index in [1.165, 1.54) is 23.3 Å². The molecule has 0 saturated heterocycles. The summed E-state index contributed by atoms with van der Waals surface area (Å²) in [5, 5.41) is 12.4. The molecule has 1 aliphatic heterocycles. The number of ketones is 1. The minimum absolute atomic E-state index is 0.0566. The Labute approximate surface area is 173 Å². The maximum atomic E-state index is 13.1. The van der Waals surface area contributed by atoms with Crippen molar-refractivity contribution in [1.29, 1.82) is 0 Å². The molecule has 8 heteroatoms. The maximum Gasteiger partial charge on any atom is 0.290 e. The third kappa shape index (κ3) is 3.99. The summed E-state index contributed by atoms with van der Waals surface area (Å²) in [6, 6.07) is 7.90. The van der Waals surface area contributed by atoms with E-state index in [1.807, 2.05) is 6.92 Å². The number of rotatable bonds is 9. The van der Waals surface area contributed by atoms with Gasteiger partial charge in [-0.2, -0.15) is 0 Å². The van der Waals surface area contributed by atoms with Crippen LogP contribution in [0.4, 0.5) is 0 Å². The van der Waals surface area contributed by atoms with Crippen LogP contribution >= 0.6 is 11.3 Å². The third-order valence-corrected chi connectivity index (χ3v) is 5.50. The molecule has 1 unspecified atom stereocenters. The molecular formula is C21H23NO6S. The van der Waals surface area contributed by atoms with Crippen LogP contribution in [0.1, 0.15) is 28.2 Å². The van der Waals surface area contributed by atoms with Crippen molar-refractivity contribution in [1.82, 2.24) is 4.90 Å². The Morgan fingerprint density at radius 2 is 2.03 bits per heavy atom. The van der Waals surface area contributed by atoms with Crippen LogP contribution in [0.25, 0.3) is 0 Å². The number of ether oxygens (including phenoxy) is 3. The molecular weight excluding hydrogens is 394 g/mol. The molecule has 0 fully saturated rings. The molecule has 0 saturated carbocycles. The molecule has 2 aromatic rings.